The second-order valence-corrected chi connectivity index (χ2v) is 5.34. The first-order chi connectivity index (χ1) is 8.78. The molecular weight excluding hydrogens is 220 g/mol. The normalized spacial score (nSPS) is 16.9. The van der Waals surface area contributed by atoms with Crippen LogP contribution < -0.4 is 5.32 Å². The minimum Gasteiger partial charge on any atom is -0.315 e. The minimum atomic E-state index is -0.0495. The summed E-state index contributed by atoms with van der Waals surface area (Å²) in [5.74, 6) is 0. The Morgan fingerprint density at radius 1 is 1.22 bits per heavy atom. The maximum atomic E-state index is 9.12. The van der Waals surface area contributed by atoms with Crippen LogP contribution in [0.25, 0.3) is 0 Å². The molecule has 2 rings (SSSR count). The summed E-state index contributed by atoms with van der Waals surface area (Å²) in [5.41, 5.74) is 2.72. The van der Waals surface area contributed by atoms with Crippen molar-refractivity contribution in [1.29, 1.82) is 5.26 Å². The topological polar surface area (TPSA) is 35.8 Å². The number of aryl methyl sites for hydroxylation is 1. The Balaban J connectivity index is 1.70. The maximum absolute atomic E-state index is 9.12. The van der Waals surface area contributed by atoms with Gasteiger partial charge in [0.2, 0.25) is 0 Å². The Bertz CT molecular complexity index is 410. The van der Waals surface area contributed by atoms with Crippen LogP contribution in [0, 0.1) is 16.7 Å². The van der Waals surface area contributed by atoms with Crippen molar-refractivity contribution in [1.82, 2.24) is 5.32 Å². The number of benzene rings is 1. The molecule has 18 heavy (non-hydrogen) atoms. The van der Waals surface area contributed by atoms with Crippen LogP contribution in [-0.2, 0) is 12.8 Å². The number of hydrogen-bond acceptors (Lipinski definition) is 2. The number of nitrogens with one attached hydrogen (secondary N) is 1. The van der Waals surface area contributed by atoms with Crippen LogP contribution in [0.2, 0.25) is 0 Å². The molecule has 1 fully saturated rings. The van der Waals surface area contributed by atoms with Gasteiger partial charge >= 0.3 is 0 Å². The van der Waals surface area contributed by atoms with Crippen LogP contribution in [0.5, 0.6) is 0 Å². The average Bonchev–Trinajstić information content (AvgIpc) is 2.38. The van der Waals surface area contributed by atoms with Gasteiger partial charge in [-0.2, -0.15) is 5.26 Å². The molecule has 1 aromatic carbocycles. The van der Waals surface area contributed by atoms with Crippen molar-refractivity contribution in [2.75, 3.05) is 13.1 Å². The summed E-state index contributed by atoms with van der Waals surface area (Å²) in [6.45, 7) is 4.00. The zero-order chi connectivity index (χ0) is 12.8. The Kier molecular flexibility index (Phi) is 4.38. The van der Waals surface area contributed by atoms with E-state index in [-0.39, 0.29) is 5.41 Å². The molecule has 0 saturated heterocycles. The van der Waals surface area contributed by atoms with E-state index in [1.807, 2.05) is 0 Å². The minimum absolute atomic E-state index is 0.0495. The van der Waals surface area contributed by atoms with Crippen molar-refractivity contribution in [2.24, 2.45) is 5.41 Å². The van der Waals surface area contributed by atoms with Gasteiger partial charge in [-0.15, -0.1) is 0 Å². The van der Waals surface area contributed by atoms with Crippen molar-refractivity contribution in [2.45, 2.75) is 39.0 Å². The quantitative estimate of drug-likeness (QED) is 0.778. The summed E-state index contributed by atoms with van der Waals surface area (Å²) < 4.78 is 0. The van der Waals surface area contributed by atoms with E-state index in [0.29, 0.717) is 0 Å². The molecule has 0 spiro atoms. The molecule has 1 aromatic rings. The highest BCUT2D eigenvalue weighted by molar-refractivity contribution is 5.22. The van der Waals surface area contributed by atoms with Gasteiger partial charge in [0.15, 0.2) is 0 Å². The van der Waals surface area contributed by atoms with E-state index in [1.165, 1.54) is 17.5 Å². The molecule has 0 amide bonds. The van der Waals surface area contributed by atoms with Crippen molar-refractivity contribution in [3.05, 3.63) is 35.4 Å². The van der Waals surface area contributed by atoms with Gasteiger partial charge < -0.3 is 5.32 Å². The molecule has 1 saturated carbocycles. The Hall–Kier alpha value is -1.33. The highest BCUT2D eigenvalue weighted by Gasteiger charge is 2.36. The molecule has 0 aliphatic heterocycles. The zero-order valence-electron chi connectivity index (χ0n) is 11.2. The number of rotatable bonds is 6. The summed E-state index contributed by atoms with van der Waals surface area (Å²) >= 11 is 0. The van der Waals surface area contributed by atoms with Gasteiger partial charge in [0, 0.05) is 6.54 Å². The van der Waals surface area contributed by atoms with Gasteiger partial charge in [0.25, 0.3) is 0 Å². The molecule has 1 aliphatic rings. The monoisotopic (exact) mass is 242 g/mol. The van der Waals surface area contributed by atoms with Gasteiger partial charge in [0.05, 0.1) is 11.5 Å². The second kappa shape index (κ2) is 6.02. The third kappa shape index (κ3) is 3.11. The molecular formula is C16H22N2. The lowest BCUT2D eigenvalue weighted by Gasteiger charge is -2.35. The first-order valence-electron chi connectivity index (χ1n) is 6.98. The molecule has 0 atom stereocenters. The van der Waals surface area contributed by atoms with Crippen molar-refractivity contribution < 1.29 is 0 Å². The lowest BCUT2D eigenvalue weighted by atomic mass is 9.70. The highest BCUT2D eigenvalue weighted by atomic mass is 14.9. The van der Waals surface area contributed by atoms with Crippen LogP contribution in [0.3, 0.4) is 0 Å². The summed E-state index contributed by atoms with van der Waals surface area (Å²) in [4.78, 5) is 0. The first-order valence-corrected chi connectivity index (χ1v) is 6.98. The highest BCUT2D eigenvalue weighted by Crippen LogP contribution is 2.39. The van der Waals surface area contributed by atoms with Crippen molar-refractivity contribution in [3.63, 3.8) is 0 Å². The number of hydrogen-bond donors (Lipinski definition) is 1. The average molecular weight is 242 g/mol. The van der Waals surface area contributed by atoms with E-state index in [0.717, 1.165) is 38.8 Å². The summed E-state index contributed by atoms with van der Waals surface area (Å²) in [5, 5.41) is 12.6. The van der Waals surface area contributed by atoms with E-state index in [2.05, 4.69) is 42.6 Å². The zero-order valence-corrected chi connectivity index (χ0v) is 11.2. The molecule has 1 N–H and O–H groups in total. The van der Waals surface area contributed by atoms with Crippen LogP contribution in [0.4, 0.5) is 0 Å². The Morgan fingerprint density at radius 3 is 2.39 bits per heavy atom. The van der Waals surface area contributed by atoms with E-state index in [9.17, 15) is 0 Å². The molecule has 2 heteroatoms. The van der Waals surface area contributed by atoms with E-state index in [4.69, 9.17) is 5.26 Å². The molecule has 0 bridgehead atoms. The van der Waals surface area contributed by atoms with Crippen molar-refractivity contribution in [3.8, 4) is 6.07 Å². The molecule has 96 valence electrons. The third-order valence-corrected chi connectivity index (χ3v) is 4.03. The lowest BCUT2D eigenvalue weighted by Crippen LogP contribution is -2.39. The van der Waals surface area contributed by atoms with Crippen LogP contribution in [0.1, 0.15) is 37.3 Å². The predicted molar refractivity (Wildman–Crippen MR) is 74.3 cm³/mol. The molecule has 0 aromatic heterocycles. The van der Waals surface area contributed by atoms with Gasteiger partial charge in [-0.3, -0.25) is 0 Å². The summed E-state index contributed by atoms with van der Waals surface area (Å²) in [7, 11) is 0. The van der Waals surface area contributed by atoms with Gasteiger partial charge in [-0.25, -0.2) is 0 Å². The third-order valence-electron chi connectivity index (χ3n) is 4.03. The largest absolute Gasteiger partial charge is 0.315 e. The molecule has 0 radical (unpaired) electrons. The smallest absolute Gasteiger partial charge is 0.0703 e. The molecule has 1 aliphatic carbocycles. The van der Waals surface area contributed by atoms with Crippen molar-refractivity contribution >= 4 is 0 Å². The van der Waals surface area contributed by atoms with Crippen LogP contribution in [0.15, 0.2) is 24.3 Å². The van der Waals surface area contributed by atoms with Gasteiger partial charge in [-0.05, 0) is 43.4 Å². The fourth-order valence-electron chi connectivity index (χ4n) is 2.43. The SMILES string of the molecule is CCc1ccc(CCNCC2(C#N)CCC2)cc1. The fourth-order valence-corrected chi connectivity index (χ4v) is 2.43. The Labute approximate surface area is 110 Å². The summed E-state index contributed by atoms with van der Waals surface area (Å²) in [6.07, 6.45) is 5.51. The van der Waals surface area contributed by atoms with E-state index in [1.54, 1.807) is 0 Å². The predicted octanol–water partition coefficient (Wildman–Crippen LogP) is 3.07. The molecule has 0 heterocycles. The standard InChI is InChI=1S/C16H22N2/c1-2-14-4-6-15(7-5-14)8-11-18-13-16(12-17)9-3-10-16/h4-7,18H,2-3,8-11,13H2,1H3. The fraction of sp³-hybridized carbons (Fsp3) is 0.562. The van der Waals surface area contributed by atoms with Crippen LogP contribution >= 0.6 is 0 Å². The second-order valence-electron chi connectivity index (χ2n) is 5.34. The first kappa shape index (κ1) is 13.1. The summed E-state index contributed by atoms with van der Waals surface area (Å²) in [6, 6.07) is 11.3. The number of nitrogens with zero attached hydrogens (tertiary/aromatic N) is 1. The van der Waals surface area contributed by atoms with Gasteiger partial charge in [0.1, 0.15) is 0 Å². The maximum Gasteiger partial charge on any atom is 0.0703 e. The lowest BCUT2D eigenvalue weighted by molar-refractivity contribution is 0.208. The number of nitriles is 1. The Morgan fingerprint density at radius 2 is 1.89 bits per heavy atom. The van der Waals surface area contributed by atoms with E-state index < -0.39 is 0 Å². The van der Waals surface area contributed by atoms with Gasteiger partial charge in [-0.1, -0.05) is 37.6 Å². The van der Waals surface area contributed by atoms with E-state index >= 15 is 0 Å². The van der Waals surface area contributed by atoms with Crippen LogP contribution in [-0.4, -0.2) is 13.1 Å². The molecule has 2 nitrogen and oxygen atoms in total. The molecule has 0 unspecified atom stereocenters.